The highest BCUT2D eigenvalue weighted by molar-refractivity contribution is 5.17. The molecule has 0 saturated carbocycles. The molecule has 1 nitrogen and oxygen atoms in total. The standard InChI is InChI=1S/C27H40O/c1-22(17-19-27(5)24(3)13-10-14-25(27)4)11-9-12-23(2)18-20-28-21-26-15-7-6-8-16-26/h6-8,11,13,15-16,18,25H,9-10,12,14,17,19-21H2,1-5H3/b22-11+,23-18+/t25-,27-/m0/s1. The van der Waals surface area contributed by atoms with Crippen molar-refractivity contribution in [3.63, 3.8) is 0 Å². The molecule has 154 valence electrons. The van der Waals surface area contributed by atoms with Gasteiger partial charge in [-0.15, -0.1) is 0 Å². The third-order valence-electron chi connectivity index (χ3n) is 6.77. The molecule has 2 atom stereocenters. The topological polar surface area (TPSA) is 9.23 Å². The van der Waals surface area contributed by atoms with Gasteiger partial charge in [0.25, 0.3) is 0 Å². The molecule has 0 radical (unpaired) electrons. The second kappa shape index (κ2) is 11.4. The maximum absolute atomic E-state index is 5.76. The van der Waals surface area contributed by atoms with Gasteiger partial charge in [-0.05, 0) is 76.2 Å². The Bertz CT molecular complexity index is 679. The van der Waals surface area contributed by atoms with Crippen LogP contribution in [0.2, 0.25) is 0 Å². The second-order valence-corrected chi connectivity index (χ2v) is 8.92. The Morgan fingerprint density at radius 3 is 2.54 bits per heavy atom. The van der Waals surface area contributed by atoms with Gasteiger partial charge in [0, 0.05) is 0 Å². The summed E-state index contributed by atoms with van der Waals surface area (Å²) >= 11 is 0. The smallest absolute Gasteiger partial charge is 0.0721 e. The summed E-state index contributed by atoms with van der Waals surface area (Å²) in [5.41, 5.74) is 6.19. The maximum atomic E-state index is 5.76. The molecule has 0 bridgehead atoms. The third kappa shape index (κ3) is 7.09. The zero-order valence-electron chi connectivity index (χ0n) is 18.8. The minimum atomic E-state index is 0.388. The fourth-order valence-electron chi connectivity index (χ4n) is 4.09. The first kappa shape index (κ1) is 22.7. The molecule has 0 heterocycles. The quantitative estimate of drug-likeness (QED) is 0.295. The first-order valence-electron chi connectivity index (χ1n) is 11.0. The Hall–Kier alpha value is -1.60. The van der Waals surface area contributed by atoms with Gasteiger partial charge in [0.1, 0.15) is 0 Å². The molecule has 2 rings (SSSR count). The van der Waals surface area contributed by atoms with Gasteiger partial charge in [0.2, 0.25) is 0 Å². The molecule has 1 heteroatoms. The molecular weight excluding hydrogens is 340 g/mol. The zero-order valence-corrected chi connectivity index (χ0v) is 18.8. The van der Waals surface area contributed by atoms with Crippen molar-refractivity contribution < 1.29 is 4.74 Å². The Morgan fingerprint density at radius 1 is 1.11 bits per heavy atom. The molecule has 1 aromatic carbocycles. The summed E-state index contributed by atoms with van der Waals surface area (Å²) < 4.78 is 5.76. The van der Waals surface area contributed by atoms with Crippen LogP contribution < -0.4 is 0 Å². The molecule has 0 unspecified atom stereocenters. The third-order valence-corrected chi connectivity index (χ3v) is 6.77. The average molecular weight is 381 g/mol. The highest BCUT2D eigenvalue weighted by Gasteiger charge is 2.34. The van der Waals surface area contributed by atoms with E-state index in [-0.39, 0.29) is 0 Å². The van der Waals surface area contributed by atoms with Crippen LogP contribution in [-0.4, -0.2) is 6.61 Å². The van der Waals surface area contributed by atoms with Gasteiger partial charge in [0.05, 0.1) is 13.2 Å². The van der Waals surface area contributed by atoms with E-state index in [2.05, 4.69) is 77.1 Å². The van der Waals surface area contributed by atoms with Gasteiger partial charge in [-0.3, -0.25) is 0 Å². The summed E-state index contributed by atoms with van der Waals surface area (Å²) in [5, 5.41) is 0. The molecule has 28 heavy (non-hydrogen) atoms. The van der Waals surface area contributed by atoms with Crippen LogP contribution in [0.5, 0.6) is 0 Å². The molecule has 0 saturated heterocycles. The molecule has 1 aliphatic carbocycles. The Labute approximate surface area is 173 Å². The summed E-state index contributed by atoms with van der Waals surface area (Å²) in [6.45, 7) is 13.1. The molecule has 0 N–H and O–H groups in total. The van der Waals surface area contributed by atoms with Crippen LogP contribution in [0.25, 0.3) is 0 Å². The fraction of sp³-hybridized carbons (Fsp3) is 0.556. The van der Waals surface area contributed by atoms with Crippen molar-refractivity contribution in [1.82, 2.24) is 0 Å². The van der Waals surface area contributed by atoms with E-state index in [1.807, 2.05) is 6.07 Å². The van der Waals surface area contributed by atoms with Gasteiger partial charge in [0.15, 0.2) is 0 Å². The van der Waals surface area contributed by atoms with E-state index in [0.29, 0.717) is 18.6 Å². The van der Waals surface area contributed by atoms with Crippen LogP contribution in [0.3, 0.4) is 0 Å². The number of allylic oxidation sites excluding steroid dienone is 5. The number of ether oxygens (including phenoxy) is 1. The molecule has 1 aromatic rings. The van der Waals surface area contributed by atoms with E-state index >= 15 is 0 Å². The largest absolute Gasteiger partial charge is 0.373 e. The van der Waals surface area contributed by atoms with E-state index in [0.717, 1.165) is 18.8 Å². The van der Waals surface area contributed by atoms with E-state index < -0.39 is 0 Å². The van der Waals surface area contributed by atoms with Crippen LogP contribution in [0.1, 0.15) is 78.7 Å². The van der Waals surface area contributed by atoms with Crippen molar-refractivity contribution >= 4 is 0 Å². The van der Waals surface area contributed by atoms with E-state index in [1.165, 1.54) is 36.8 Å². The highest BCUT2D eigenvalue weighted by Crippen LogP contribution is 2.45. The van der Waals surface area contributed by atoms with Crippen LogP contribution in [0, 0.1) is 11.3 Å². The summed E-state index contributed by atoms with van der Waals surface area (Å²) in [7, 11) is 0. The lowest BCUT2D eigenvalue weighted by molar-refractivity contribution is 0.148. The van der Waals surface area contributed by atoms with E-state index in [1.54, 1.807) is 11.1 Å². The van der Waals surface area contributed by atoms with Crippen molar-refractivity contribution in [2.24, 2.45) is 11.3 Å². The molecule has 0 aliphatic heterocycles. The molecule has 0 spiro atoms. The van der Waals surface area contributed by atoms with Gasteiger partial charge < -0.3 is 4.74 Å². The van der Waals surface area contributed by atoms with Crippen molar-refractivity contribution in [2.45, 2.75) is 79.8 Å². The average Bonchev–Trinajstić information content (AvgIpc) is 2.69. The van der Waals surface area contributed by atoms with Crippen LogP contribution in [0.4, 0.5) is 0 Å². The Morgan fingerprint density at radius 2 is 1.82 bits per heavy atom. The predicted octanol–water partition coefficient (Wildman–Crippen LogP) is 8.04. The first-order valence-corrected chi connectivity index (χ1v) is 11.0. The van der Waals surface area contributed by atoms with Crippen molar-refractivity contribution in [1.29, 1.82) is 0 Å². The maximum Gasteiger partial charge on any atom is 0.0721 e. The summed E-state index contributed by atoms with van der Waals surface area (Å²) in [5.74, 6) is 0.798. The van der Waals surface area contributed by atoms with Gasteiger partial charge in [-0.25, -0.2) is 0 Å². The molecule has 0 amide bonds. The lowest BCUT2D eigenvalue weighted by Gasteiger charge is -2.40. The van der Waals surface area contributed by atoms with Crippen molar-refractivity contribution in [3.8, 4) is 0 Å². The Balaban J connectivity index is 1.68. The number of rotatable bonds is 10. The zero-order chi connectivity index (χ0) is 20.4. The fourth-order valence-corrected chi connectivity index (χ4v) is 4.09. The summed E-state index contributed by atoms with van der Waals surface area (Å²) in [4.78, 5) is 0. The van der Waals surface area contributed by atoms with E-state index in [4.69, 9.17) is 4.74 Å². The van der Waals surface area contributed by atoms with Gasteiger partial charge in [-0.1, -0.05) is 79.1 Å². The minimum absolute atomic E-state index is 0.388. The molecule has 0 aromatic heterocycles. The second-order valence-electron chi connectivity index (χ2n) is 8.92. The van der Waals surface area contributed by atoms with E-state index in [9.17, 15) is 0 Å². The molecule has 0 fully saturated rings. The Kier molecular flexibility index (Phi) is 9.25. The summed E-state index contributed by atoms with van der Waals surface area (Å²) in [6.07, 6.45) is 14.5. The highest BCUT2D eigenvalue weighted by atomic mass is 16.5. The molecule has 1 aliphatic rings. The monoisotopic (exact) mass is 380 g/mol. The normalized spacial score (nSPS) is 23.6. The van der Waals surface area contributed by atoms with Crippen molar-refractivity contribution in [3.05, 3.63) is 70.8 Å². The molecular formula is C27H40O. The number of hydrogen-bond donors (Lipinski definition) is 0. The van der Waals surface area contributed by atoms with Crippen LogP contribution >= 0.6 is 0 Å². The minimum Gasteiger partial charge on any atom is -0.373 e. The first-order chi connectivity index (χ1) is 13.4. The van der Waals surface area contributed by atoms with Crippen molar-refractivity contribution in [2.75, 3.05) is 6.61 Å². The van der Waals surface area contributed by atoms with Gasteiger partial charge in [-0.2, -0.15) is 0 Å². The number of hydrogen-bond acceptors (Lipinski definition) is 1. The number of benzene rings is 1. The SMILES string of the molecule is CC1=CCC[C@H](C)[C@@]1(C)CC/C(C)=C/CC/C(C)=C/COCc1ccccc1. The van der Waals surface area contributed by atoms with Gasteiger partial charge >= 0.3 is 0 Å². The lowest BCUT2D eigenvalue weighted by atomic mass is 9.65. The summed E-state index contributed by atoms with van der Waals surface area (Å²) in [6, 6.07) is 10.4. The lowest BCUT2D eigenvalue weighted by Crippen LogP contribution is -2.29. The van der Waals surface area contributed by atoms with Crippen LogP contribution in [0.15, 0.2) is 65.3 Å². The predicted molar refractivity (Wildman–Crippen MR) is 122 cm³/mol. The van der Waals surface area contributed by atoms with Crippen LogP contribution in [-0.2, 0) is 11.3 Å².